The Morgan fingerprint density at radius 1 is 0.881 bits per heavy atom. The number of carbonyl (C=O) groups is 1. The number of halogens is 2. The van der Waals surface area contributed by atoms with Gasteiger partial charge in [-0.25, -0.2) is 4.98 Å². The molecule has 0 atom stereocenters. The summed E-state index contributed by atoms with van der Waals surface area (Å²) in [6, 6.07) is 22.4. The van der Waals surface area contributed by atoms with E-state index in [1.54, 1.807) is 30.4 Å². The lowest BCUT2D eigenvalue weighted by atomic mass is 10.0. The molecule has 1 aromatic heterocycles. The minimum atomic E-state index is -0.0776. The van der Waals surface area contributed by atoms with Crippen LogP contribution in [0.1, 0.15) is 68.0 Å². The molecule has 1 aliphatic rings. The number of unbranched alkanes of at least 4 members (excludes halogenated alkanes) is 2. The van der Waals surface area contributed by atoms with Crippen molar-refractivity contribution in [2.45, 2.75) is 65.1 Å². The van der Waals surface area contributed by atoms with Gasteiger partial charge in [0.1, 0.15) is 5.82 Å². The van der Waals surface area contributed by atoms with Crippen molar-refractivity contribution in [3.63, 3.8) is 0 Å². The lowest BCUT2D eigenvalue weighted by Crippen LogP contribution is -2.31. The number of imidazole rings is 1. The second-order valence-corrected chi connectivity index (χ2v) is 12.0. The first-order valence-corrected chi connectivity index (χ1v) is 15.9. The smallest absolute Gasteiger partial charge is 0.246 e. The van der Waals surface area contributed by atoms with Crippen LogP contribution < -0.4 is 0 Å². The standard InChI is InChI=1S/C35H40Cl2N4O/c1-2-3-9-23-40(35(42)20-19-29-30(36)15-12-16-31(29)37)26-34-38-32-17-7-8-18-33(32)41(34)25-28-14-6-5-13-27(28)24-39-21-10-4-11-22-39/h5-8,12-20H,2-4,9-11,21-26H2,1H3/b20-19-. The highest BCUT2D eigenvalue weighted by molar-refractivity contribution is 6.37. The summed E-state index contributed by atoms with van der Waals surface area (Å²) in [6.07, 6.45) is 10.3. The van der Waals surface area contributed by atoms with E-state index in [2.05, 4.69) is 58.9 Å². The topological polar surface area (TPSA) is 41.4 Å². The Morgan fingerprint density at radius 3 is 2.31 bits per heavy atom. The lowest BCUT2D eigenvalue weighted by molar-refractivity contribution is -0.126. The van der Waals surface area contributed by atoms with Crippen molar-refractivity contribution in [2.24, 2.45) is 0 Å². The van der Waals surface area contributed by atoms with Crippen molar-refractivity contribution in [3.05, 3.63) is 105 Å². The summed E-state index contributed by atoms with van der Waals surface area (Å²) >= 11 is 12.7. The van der Waals surface area contributed by atoms with E-state index in [4.69, 9.17) is 28.2 Å². The van der Waals surface area contributed by atoms with Gasteiger partial charge in [0.15, 0.2) is 0 Å². The van der Waals surface area contributed by atoms with Gasteiger partial charge in [0.25, 0.3) is 0 Å². The van der Waals surface area contributed by atoms with Crippen LogP contribution in [0.15, 0.2) is 72.8 Å². The molecule has 2 heterocycles. The van der Waals surface area contributed by atoms with E-state index in [1.165, 1.54) is 30.4 Å². The van der Waals surface area contributed by atoms with Gasteiger partial charge in [0.2, 0.25) is 5.91 Å². The third kappa shape index (κ3) is 7.63. The van der Waals surface area contributed by atoms with Crippen molar-refractivity contribution < 1.29 is 4.79 Å². The largest absolute Gasteiger partial charge is 0.332 e. The van der Waals surface area contributed by atoms with Gasteiger partial charge >= 0.3 is 0 Å². The molecule has 7 heteroatoms. The molecule has 4 aromatic rings. The number of carbonyl (C=O) groups excluding carboxylic acids is 1. The van der Waals surface area contributed by atoms with E-state index >= 15 is 0 Å². The molecule has 220 valence electrons. The molecule has 0 spiro atoms. The van der Waals surface area contributed by atoms with Crippen molar-refractivity contribution in [3.8, 4) is 0 Å². The maximum atomic E-state index is 13.6. The minimum Gasteiger partial charge on any atom is -0.332 e. The predicted octanol–water partition coefficient (Wildman–Crippen LogP) is 8.61. The van der Waals surface area contributed by atoms with Crippen LogP contribution in [0.4, 0.5) is 0 Å². The van der Waals surface area contributed by atoms with E-state index < -0.39 is 0 Å². The number of fused-ring (bicyclic) bond motifs is 1. The third-order valence-electron chi connectivity index (χ3n) is 8.09. The number of hydrogen-bond donors (Lipinski definition) is 0. The molecule has 0 bridgehead atoms. The quantitative estimate of drug-likeness (QED) is 0.120. The van der Waals surface area contributed by atoms with Crippen molar-refractivity contribution in [1.29, 1.82) is 0 Å². The van der Waals surface area contributed by atoms with E-state index in [1.807, 2.05) is 11.0 Å². The first-order chi connectivity index (χ1) is 20.5. The van der Waals surface area contributed by atoms with Gasteiger partial charge in [-0.05, 0) is 73.8 Å². The van der Waals surface area contributed by atoms with Crippen LogP contribution in [0, 0.1) is 0 Å². The van der Waals surface area contributed by atoms with Crippen LogP contribution in [0.2, 0.25) is 10.0 Å². The summed E-state index contributed by atoms with van der Waals surface area (Å²) in [7, 11) is 0. The number of amides is 1. The molecular formula is C35H40Cl2N4O. The molecule has 42 heavy (non-hydrogen) atoms. The number of piperidine rings is 1. The normalized spacial score (nSPS) is 14.2. The summed E-state index contributed by atoms with van der Waals surface area (Å²) < 4.78 is 2.29. The number of aromatic nitrogens is 2. The van der Waals surface area contributed by atoms with Crippen molar-refractivity contribution in [2.75, 3.05) is 19.6 Å². The Bertz CT molecular complexity index is 1500. The average Bonchev–Trinajstić information content (AvgIpc) is 3.34. The van der Waals surface area contributed by atoms with Gasteiger partial charge in [-0.2, -0.15) is 0 Å². The Kier molecular flexibility index (Phi) is 10.7. The molecule has 5 nitrogen and oxygen atoms in total. The fraction of sp³-hybridized carbons (Fsp3) is 0.371. The predicted molar refractivity (Wildman–Crippen MR) is 175 cm³/mol. The van der Waals surface area contributed by atoms with Crippen LogP contribution >= 0.6 is 23.2 Å². The Morgan fingerprint density at radius 2 is 1.57 bits per heavy atom. The van der Waals surface area contributed by atoms with Crippen molar-refractivity contribution >= 4 is 46.2 Å². The fourth-order valence-corrected chi connectivity index (χ4v) is 6.26. The van der Waals surface area contributed by atoms with Gasteiger partial charge in [0.05, 0.1) is 17.6 Å². The maximum absolute atomic E-state index is 13.6. The number of para-hydroxylation sites is 2. The highest BCUT2D eigenvalue weighted by atomic mass is 35.5. The summed E-state index contributed by atoms with van der Waals surface area (Å²) in [5, 5.41) is 1.04. The molecule has 5 rings (SSSR count). The number of rotatable bonds is 12. The monoisotopic (exact) mass is 602 g/mol. The summed E-state index contributed by atoms with van der Waals surface area (Å²) in [5.41, 5.74) is 5.34. The minimum absolute atomic E-state index is 0.0776. The Hall–Kier alpha value is -3.12. The van der Waals surface area contributed by atoms with Crippen LogP contribution in [0.25, 0.3) is 17.1 Å². The van der Waals surface area contributed by atoms with Crippen LogP contribution in [0.5, 0.6) is 0 Å². The zero-order valence-corrected chi connectivity index (χ0v) is 26.0. The second-order valence-electron chi connectivity index (χ2n) is 11.1. The molecular weight excluding hydrogens is 563 g/mol. The molecule has 0 N–H and O–H groups in total. The zero-order valence-electron chi connectivity index (χ0n) is 24.4. The summed E-state index contributed by atoms with van der Waals surface area (Å²) in [5.74, 6) is 0.809. The second kappa shape index (κ2) is 14.9. The maximum Gasteiger partial charge on any atom is 0.246 e. The number of likely N-dealkylation sites (tertiary alicyclic amines) is 1. The SMILES string of the molecule is CCCCCN(Cc1nc2ccccc2n1Cc1ccccc1CN1CCCCC1)C(=O)/C=C\c1c(Cl)cccc1Cl. The molecule has 3 aromatic carbocycles. The summed E-state index contributed by atoms with van der Waals surface area (Å²) in [6.45, 7) is 7.25. The number of nitrogens with zero attached hydrogens (tertiary/aromatic N) is 4. The molecule has 0 radical (unpaired) electrons. The fourth-order valence-electron chi connectivity index (χ4n) is 5.74. The van der Waals surface area contributed by atoms with Crippen LogP contribution in [0.3, 0.4) is 0 Å². The zero-order chi connectivity index (χ0) is 29.3. The highest BCUT2D eigenvalue weighted by Gasteiger charge is 2.19. The highest BCUT2D eigenvalue weighted by Crippen LogP contribution is 2.26. The molecule has 1 amide bonds. The first kappa shape index (κ1) is 30.3. The van der Waals surface area contributed by atoms with Gasteiger partial charge in [-0.15, -0.1) is 0 Å². The van der Waals surface area contributed by atoms with E-state index in [-0.39, 0.29) is 5.91 Å². The Labute approximate surface area is 259 Å². The number of benzene rings is 3. The van der Waals surface area contributed by atoms with E-state index in [0.29, 0.717) is 35.2 Å². The van der Waals surface area contributed by atoms with E-state index in [0.717, 1.165) is 55.8 Å². The third-order valence-corrected chi connectivity index (χ3v) is 8.75. The van der Waals surface area contributed by atoms with Gasteiger partial charge in [-0.3, -0.25) is 9.69 Å². The van der Waals surface area contributed by atoms with Gasteiger partial charge in [-0.1, -0.05) is 91.9 Å². The molecule has 1 saturated heterocycles. The average molecular weight is 604 g/mol. The Balaban J connectivity index is 1.44. The molecule has 0 saturated carbocycles. The van der Waals surface area contributed by atoms with Crippen LogP contribution in [-0.4, -0.2) is 44.9 Å². The van der Waals surface area contributed by atoms with E-state index in [9.17, 15) is 4.79 Å². The van der Waals surface area contributed by atoms with Gasteiger partial charge < -0.3 is 9.47 Å². The summed E-state index contributed by atoms with van der Waals surface area (Å²) in [4.78, 5) is 23.1. The van der Waals surface area contributed by atoms with Gasteiger partial charge in [0, 0.05) is 41.3 Å². The molecule has 0 unspecified atom stereocenters. The number of hydrogen-bond acceptors (Lipinski definition) is 3. The van der Waals surface area contributed by atoms with Crippen molar-refractivity contribution in [1.82, 2.24) is 19.4 Å². The molecule has 1 aliphatic heterocycles. The molecule has 1 fully saturated rings. The van der Waals surface area contributed by atoms with Crippen LogP contribution in [-0.2, 0) is 24.4 Å². The first-order valence-electron chi connectivity index (χ1n) is 15.2. The molecule has 0 aliphatic carbocycles. The lowest BCUT2D eigenvalue weighted by Gasteiger charge is -2.27.